The first kappa shape index (κ1) is 12.6. The number of hydrogen-bond acceptors (Lipinski definition) is 2. The van der Waals surface area contributed by atoms with E-state index >= 15 is 0 Å². The van der Waals surface area contributed by atoms with Crippen LogP contribution >= 0.6 is 23.2 Å². The fourth-order valence-corrected chi connectivity index (χ4v) is 0.925. The predicted molar refractivity (Wildman–Crippen MR) is 53.7 cm³/mol. The van der Waals surface area contributed by atoms with Crippen molar-refractivity contribution < 1.29 is 9.31 Å². The molecule has 0 aliphatic carbocycles. The van der Waals surface area contributed by atoms with E-state index in [1.807, 2.05) is 27.7 Å². The summed E-state index contributed by atoms with van der Waals surface area (Å²) >= 11 is 11.3. The Morgan fingerprint density at radius 1 is 0.917 bits per heavy atom. The number of alkyl halides is 2. The zero-order valence-electron chi connectivity index (χ0n) is 7.88. The lowest BCUT2D eigenvalue weighted by Gasteiger charge is -2.19. The molecular formula is C7H15BCl2O2. The molecule has 72 valence electrons. The minimum atomic E-state index is -0.644. The molecule has 0 rings (SSSR count). The van der Waals surface area contributed by atoms with Crippen molar-refractivity contribution in [3.05, 3.63) is 0 Å². The molecule has 0 unspecified atom stereocenters. The normalized spacial score (nSPS) is 11.8. The molecule has 5 heteroatoms. The molecule has 0 aliphatic heterocycles. The molecule has 0 aromatic heterocycles. The van der Waals surface area contributed by atoms with Gasteiger partial charge in [-0.3, -0.25) is 0 Å². The predicted octanol–water partition coefficient (Wildman–Crippen LogP) is 2.67. The molecule has 0 radical (unpaired) electrons. The lowest BCUT2D eigenvalue weighted by Crippen LogP contribution is -2.35. The van der Waals surface area contributed by atoms with Crippen molar-refractivity contribution in [2.24, 2.45) is 0 Å². The fraction of sp³-hybridized carbons (Fsp3) is 1.00. The summed E-state index contributed by atoms with van der Waals surface area (Å²) in [6.45, 7) is 7.64. The van der Waals surface area contributed by atoms with E-state index in [2.05, 4.69) is 0 Å². The maximum Gasteiger partial charge on any atom is 0.492 e. The molecule has 0 aromatic rings. The number of rotatable bonds is 5. The van der Waals surface area contributed by atoms with Crippen molar-refractivity contribution in [2.75, 3.05) is 0 Å². The third-order valence-electron chi connectivity index (χ3n) is 1.02. The van der Waals surface area contributed by atoms with Gasteiger partial charge in [0, 0.05) is 12.2 Å². The van der Waals surface area contributed by atoms with E-state index < -0.39 is 11.9 Å². The molecule has 0 aliphatic rings. The van der Waals surface area contributed by atoms with Crippen molar-refractivity contribution in [3.63, 3.8) is 0 Å². The Hall–Kier alpha value is 0.565. The first-order valence-corrected chi connectivity index (χ1v) is 4.89. The molecule has 0 heterocycles. The SMILES string of the molecule is CC(C)OB(OC(C)C)C(Cl)Cl. The Morgan fingerprint density at radius 3 is 1.42 bits per heavy atom. The van der Waals surface area contributed by atoms with Gasteiger partial charge in [0.25, 0.3) is 0 Å². The van der Waals surface area contributed by atoms with Crippen LogP contribution in [0.1, 0.15) is 27.7 Å². The summed E-state index contributed by atoms with van der Waals surface area (Å²) in [4.78, 5) is 0. The van der Waals surface area contributed by atoms with Gasteiger partial charge in [0.1, 0.15) is 4.74 Å². The van der Waals surface area contributed by atoms with Crippen LogP contribution in [-0.2, 0) is 9.31 Å². The molecule has 0 atom stereocenters. The largest absolute Gasteiger partial charge is 0.492 e. The van der Waals surface area contributed by atoms with Crippen LogP contribution in [0.4, 0.5) is 0 Å². The maximum atomic E-state index is 5.65. The molecule has 2 nitrogen and oxygen atoms in total. The number of hydrogen-bond donors (Lipinski definition) is 0. The highest BCUT2D eigenvalue weighted by Gasteiger charge is 2.29. The molecule has 0 saturated carbocycles. The van der Waals surface area contributed by atoms with Gasteiger partial charge in [-0.05, 0) is 27.7 Å². The first-order valence-electron chi connectivity index (χ1n) is 4.02. The minimum absolute atomic E-state index is 0.0637. The Bertz CT molecular complexity index is 110. The topological polar surface area (TPSA) is 18.5 Å². The molecule has 0 fully saturated rings. The van der Waals surface area contributed by atoms with Crippen LogP contribution in [0.2, 0.25) is 0 Å². The summed E-state index contributed by atoms with van der Waals surface area (Å²) in [7, 11) is -0.534. The van der Waals surface area contributed by atoms with Crippen LogP contribution in [-0.4, -0.2) is 24.1 Å². The molecule has 0 saturated heterocycles. The van der Waals surface area contributed by atoms with Crippen LogP contribution in [0, 0.1) is 0 Å². The van der Waals surface area contributed by atoms with Gasteiger partial charge in [0.05, 0.1) is 0 Å². The molecule has 0 bridgehead atoms. The highest BCUT2D eigenvalue weighted by atomic mass is 35.5. The summed E-state index contributed by atoms with van der Waals surface area (Å²) in [5.41, 5.74) is 0. The van der Waals surface area contributed by atoms with Crippen molar-refractivity contribution in [2.45, 2.75) is 44.6 Å². The quantitative estimate of drug-likeness (QED) is 0.516. The lowest BCUT2D eigenvalue weighted by atomic mass is 9.93. The second-order valence-electron chi connectivity index (χ2n) is 3.07. The van der Waals surface area contributed by atoms with Gasteiger partial charge in [0.15, 0.2) is 0 Å². The summed E-state index contributed by atoms with van der Waals surface area (Å²) < 4.78 is 10.0. The van der Waals surface area contributed by atoms with Crippen LogP contribution < -0.4 is 0 Å². The Kier molecular flexibility index (Phi) is 6.37. The van der Waals surface area contributed by atoms with Crippen LogP contribution in [0.3, 0.4) is 0 Å². The monoisotopic (exact) mass is 212 g/mol. The van der Waals surface area contributed by atoms with Crippen molar-refractivity contribution in [1.82, 2.24) is 0 Å². The third-order valence-corrected chi connectivity index (χ3v) is 1.43. The van der Waals surface area contributed by atoms with E-state index in [-0.39, 0.29) is 12.2 Å². The zero-order chi connectivity index (χ0) is 9.72. The van der Waals surface area contributed by atoms with Crippen LogP contribution in [0.5, 0.6) is 0 Å². The molecule has 0 amide bonds. The Labute approximate surface area is 84.7 Å². The lowest BCUT2D eigenvalue weighted by molar-refractivity contribution is 0.132. The van der Waals surface area contributed by atoms with E-state index in [4.69, 9.17) is 32.5 Å². The second kappa shape index (κ2) is 6.08. The smallest absolute Gasteiger partial charge is 0.407 e. The van der Waals surface area contributed by atoms with Crippen LogP contribution in [0.25, 0.3) is 0 Å². The van der Waals surface area contributed by atoms with E-state index in [9.17, 15) is 0 Å². The van der Waals surface area contributed by atoms with Gasteiger partial charge in [0.2, 0.25) is 0 Å². The zero-order valence-corrected chi connectivity index (χ0v) is 9.39. The molecule has 0 aromatic carbocycles. The summed E-state index contributed by atoms with van der Waals surface area (Å²) in [5.74, 6) is 0. The van der Waals surface area contributed by atoms with Crippen molar-refractivity contribution >= 4 is 30.3 Å². The van der Waals surface area contributed by atoms with Crippen molar-refractivity contribution in [3.8, 4) is 0 Å². The van der Waals surface area contributed by atoms with Gasteiger partial charge >= 0.3 is 7.12 Å². The standard InChI is InChI=1S/C7H15BCl2O2/c1-5(2)11-8(7(9)10)12-6(3)4/h5-7H,1-4H3. The highest BCUT2D eigenvalue weighted by Crippen LogP contribution is 2.12. The Balaban J connectivity index is 3.87. The summed E-state index contributed by atoms with van der Waals surface area (Å²) in [6.07, 6.45) is 0.127. The first-order chi connectivity index (χ1) is 5.43. The van der Waals surface area contributed by atoms with Crippen LogP contribution in [0.15, 0.2) is 0 Å². The highest BCUT2D eigenvalue weighted by molar-refractivity contribution is 6.72. The van der Waals surface area contributed by atoms with E-state index in [1.165, 1.54) is 0 Å². The maximum absolute atomic E-state index is 5.65. The van der Waals surface area contributed by atoms with Gasteiger partial charge in [-0.2, -0.15) is 0 Å². The molecule has 0 spiro atoms. The summed E-state index contributed by atoms with van der Waals surface area (Å²) in [5, 5.41) is 0. The Morgan fingerprint density at radius 2 is 1.25 bits per heavy atom. The van der Waals surface area contributed by atoms with Gasteiger partial charge in [-0.1, -0.05) is 0 Å². The van der Waals surface area contributed by atoms with Crippen molar-refractivity contribution in [1.29, 1.82) is 0 Å². The van der Waals surface area contributed by atoms with E-state index in [0.29, 0.717) is 0 Å². The third kappa shape index (κ3) is 6.12. The average Bonchev–Trinajstić information content (AvgIpc) is 1.83. The molecule has 12 heavy (non-hydrogen) atoms. The number of halogens is 2. The van der Waals surface area contributed by atoms with Gasteiger partial charge < -0.3 is 9.31 Å². The van der Waals surface area contributed by atoms with E-state index in [1.54, 1.807) is 0 Å². The fourth-order valence-electron chi connectivity index (χ4n) is 0.687. The second-order valence-corrected chi connectivity index (χ2v) is 4.24. The molecular weight excluding hydrogens is 198 g/mol. The minimum Gasteiger partial charge on any atom is -0.407 e. The molecule has 0 N–H and O–H groups in total. The average molecular weight is 213 g/mol. The van der Waals surface area contributed by atoms with E-state index in [0.717, 1.165) is 0 Å². The van der Waals surface area contributed by atoms with Gasteiger partial charge in [-0.15, -0.1) is 23.2 Å². The van der Waals surface area contributed by atoms with Gasteiger partial charge in [-0.25, -0.2) is 0 Å². The summed E-state index contributed by atoms with van der Waals surface area (Å²) in [6, 6.07) is 0.